The third-order valence-corrected chi connectivity index (χ3v) is 1.78. The van der Waals surface area contributed by atoms with E-state index in [0.717, 1.165) is 0 Å². The molecule has 0 aliphatic heterocycles. The molecule has 0 saturated carbocycles. The standard InChI is InChI=1S/C10H15NO4/c1-8(12)15-9(7-11)5-3-4-6-10(13)14-2/h9H,3-6H2,1-2H3. The number of rotatable bonds is 6. The fourth-order valence-electron chi connectivity index (χ4n) is 1.05. The molecule has 0 aromatic carbocycles. The van der Waals surface area contributed by atoms with Gasteiger partial charge in [0.2, 0.25) is 0 Å². The molecule has 0 spiro atoms. The van der Waals surface area contributed by atoms with E-state index in [4.69, 9.17) is 10.00 Å². The number of nitriles is 1. The largest absolute Gasteiger partial charge is 0.469 e. The third kappa shape index (κ3) is 7.50. The third-order valence-electron chi connectivity index (χ3n) is 1.78. The zero-order valence-corrected chi connectivity index (χ0v) is 8.99. The minimum Gasteiger partial charge on any atom is -0.469 e. The second-order valence-electron chi connectivity index (χ2n) is 3.05. The molecule has 5 heteroatoms. The minimum absolute atomic E-state index is 0.268. The average Bonchev–Trinajstić information content (AvgIpc) is 2.21. The highest BCUT2D eigenvalue weighted by molar-refractivity contribution is 5.69. The van der Waals surface area contributed by atoms with Crippen LogP contribution in [0.3, 0.4) is 0 Å². The first-order chi connectivity index (χ1) is 7.10. The Morgan fingerprint density at radius 3 is 2.53 bits per heavy atom. The lowest BCUT2D eigenvalue weighted by Crippen LogP contribution is -2.14. The summed E-state index contributed by atoms with van der Waals surface area (Å²) in [5.41, 5.74) is 0. The Labute approximate surface area is 89.0 Å². The normalized spacial score (nSPS) is 11.3. The number of esters is 2. The van der Waals surface area contributed by atoms with Crippen LogP contribution in [0.2, 0.25) is 0 Å². The van der Waals surface area contributed by atoms with E-state index in [1.54, 1.807) is 0 Å². The summed E-state index contributed by atoms with van der Waals surface area (Å²) in [7, 11) is 1.33. The van der Waals surface area contributed by atoms with E-state index in [-0.39, 0.29) is 5.97 Å². The number of carbonyl (C=O) groups excluding carboxylic acids is 2. The number of carbonyl (C=O) groups is 2. The van der Waals surface area contributed by atoms with Gasteiger partial charge in [0.25, 0.3) is 0 Å². The van der Waals surface area contributed by atoms with Crippen LogP contribution in [0.15, 0.2) is 0 Å². The number of unbranched alkanes of at least 4 members (excludes halogenated alkanes) is 1. The van der Waals surface area contributed by atoms with Crippen molar-refractivity contribution in [3.05, 3.63) is 0 Å². The first-order valence-corrected chi connectivity index (χ1v) is 4.73. The van der Waals surface area contributed by atoms with Gasteiger partial charge in [-0.25, -0.2) is 0 Å². The van der Waals surface area contributed by atoms with Gasteiger partial charge in [-0.3, -0.25) is 9.59 Å². The summed E-state index contributed by atoms with van der Waals surface area (Å²) in [5.74, 6) is -0.731. The summed E-state index contributed by atoms with van der Waals surface area (Å²) in [5, 5.41) is 8.61. The molecule has 0 amide bonds. The van der Waals surface area contributed by atoms with Crippen molar-refractivity contribution in [1.29, 1.82) is 5.26 Å². The molecule has 1 unspecified atom stereocenters. The number of methoxy groups -OCH3 is 1. The van der Waals surface area contributed by atoms with E-state index in [1.165, 1.54) is 14.0 Å². The van der Waals surface area contributed by atoms with Crippen molar-refractivity contribution >= 4 is 11.9 Å². The van der Waals surface area contributed by atoms with Crippen LogP contribution in [0.25, 0.3) is 0 Å². The molecule has 15 heavy (non-hydrogen) atoms. The van der Waals surface area contributed by atoms with E-state index in [9.17, 15) is 9.59 Å². The first-order valence-electron chi connectivity index (χ1n) is 4.73. The van der Waals surface area contributed by atoms with E-state index in [0.29, 0.717) is 25.7 Å². The molecule has 1 atom stereocenters. The van der Waals surface area contributed by atoms with Crippen LogP contribution in [0, 0.1) is 11.3 Å². The SMILES string of the molecule is COC(=O)CCCCC(C#N)OC(C)=O. The van der Waals surface area contributed by atoms with Gasteiger partial charge in [0.15, 0.2) is 6.10 Å². The molecule has 0 radical (unpaired) electrons. The topological polar surface area (TPSA) is 76.4 Å². The predicted octanol–water partition coefficient (Wildman–Crippen LogP) is 1.18. The van der Waals surface area contributed by atoms with Crippen LogP contribution in [-0.2, 0) is 19.1 Å². The van der Waals surface area contributed by atoms with Gasteiger partial charge in [0.1, 0.15) is 6.07 Å². The predicted molar refractivity (Wildman–Crippen MR) is 51.7 cm³/mol. The van der Waals surface area contributed by atoms with Crippen LogP contribution in [0.4, 0.5) is 0 Å². The Balaban J connectivity index is 3.60. The highest BCUT2D eigenvalue weighted by Crippen LogP contribution is 2.07. The molecule has 0 aliphatic carbocycles. The van der Waals surface area contributed by atoms with E-state index in [1.807, 2.05) is 6.07 Å². The molecule has 0 aliphatic rings. The highest BCUT2D eigenvalue weighted by Gasteiger charge is 2.10. The van der Waals surface area contributed by atoms with Crippen molar-refractivity contribution in [3.63, 3.8) is 0 Å². The molecular formula is C10H15NO4. The smallest absolute Gasteiger partial charge is 0.305 e. The van der Waals surface area contributed by atoms with Gasteiger partial charge < -0.3 is 9.47 Å². The highest BCUT2D eigenvalue weighted by atomic mass is 16.5. The lowest BCUT2D eigenvalue weighted by Gasteiger charge is -2.08. The van der Waals surface area contributed by atoms with Gasteiger partial charge in [-0.2, -0.15) is 5.26 Å². The van der Waals surface area contributed by atoms with Gasteiger partial charge >= 0.3 is 11.9 Å². The molecule has 0 heterocycles. The summed E-state index contributed by atoms with van der Waals surface area (Å²) >= 11 is 0. The van der Waals surface area contributed by atoms with Gasteiger partial charge in [-0.15, -0.1) is 0 Å². The summed E-state index contributed by atoms with van der Waals surface area (Å²) < 4.78 is 9.18. The Hall–Kier alpha value is -1.57. The molecule has 0 bridgehead atoms. The first kappa shape index (κ1) is 13.4. The maximum atomic E-state index is 10.7. The summed E-state index contributed by atoms with van der Waals surface area (Å²) in [4.78, 5) is 21.3. The maximum absolute atomic E-state index is 10.7. The summed E-state index contributed by atoms with van der Waals surface area (Å²) in [6.45, 7) is 1.26. The molecule has 0 fully saturated rings. The van der Waals surface area contributed by atoms with Crippen LogP contribution in [-0.4, -0.2) is 25.2 Å². The number of hydrogen-bond acceptors (Lipinski definition) is 5. The number of hydrogen-bond donors (Lipinski definition) is 0. The second-order valence-corrected chi connectivity index (χ2v) is 3.05. The maximum Gasteiger partial charge on any atom is 0.305 e. The zero-order chi connectivity index (χ0) is 11.7. The Kier molecular flexibility index (Phi) is 6.98. The van der Waals surface area contributed by atoms with Crippen molar-refractivity contribution < 1.29 is 19.1 Å². The van der Waals surface area contributed by atoms with Crippen LogP contribution < -0.4 is 0 Å². The lowest BCUT2D eigenvalue weighted by molar-refractivity contribution is -0.144. The molecule has 0 aromatic rings. The number of nitrogens with zero attached hydrogens (tertiary/aromatic N) is 1. The van der Waals surface area contributed by atoms with Crippen LogP contribution in [0.1, 0.15) is 32.6 Å². The lowest BCUT2D eigenvalue weighted by atomic mass is 10.1. The molecular weight excluding hydrogens is 198 g/mol. The quantitative estimate of drug-likeness (QED) is 0.489. The summed E-state index contributed by atoms with van der Waals surface area (Å²) in [6.07, 6.45) is 1.36. The van der Waals surface area contributed by atoms with Gasteiger partial charge in [-0.1, -0.05) is 0 Å². The van der Waals surface area contributed by atoms with Gasteiger partial charge in [0, 0.05) is 13.3 Å². The molecule has 0 rings (SSSR count). The van der Waals surface area contributed by atoms with E-state index < -0.39 is 12.1 Å². The Bertz CT molecular complexity index is 257. The second kappa shape index (κ2) is 7.80. The minimum atomic E-state index is -0.708. The molecule has 0 N–H and O–H groups in total. The van der Waals surface area contributed by atoms with Gasteiger partial charge in [0.05, 0.1) is 7.11 Å². The number of ether oxygens (including phenoxy) is 2. The molecule has 84 valence electrons. The van der Waals surface area contributed by atoms with Crippen molar-refractivity contribution in [2.45, 2.75) is 38.7 Å². The van der Waals surface area contributed by atoms with Crippen molar-refractivity contribution in [2.24, 2.45) is 0 Å². The fraction of sp³-hybridized carbons (Fsp3) is 0.700. The van der Waals surface area contributed by atoms with Crippen LogP contribution in [0.5, 0.6) is 0 Å². The Morgan fingerprint density at radius 1 is 1.40 bits per heavy atom. The monoisotopic (exact) mass is 213 g/mol. The van der Waals surface area contributed by atoms with E-state index >= 15 is 0 Å². The fourth-order valence-corrected chi connectivity index (χ4v) is 1.05. The summed E-state index contributed by atoms with van der Waals surface area (Å²) in [6, 6.07) is 1.88. The van der Waals surface area contributed by atoms with Crippen molar-refractivity contribution in [3.8, 4) is 6.07 Å². The molecule has 5 nitrogen and oxygen atoms in total. The van der Waals surface area contributed by atoms with E-state index in [2.05, 4.69) is 4.74 Å². The van der Waals surface area contributed by atoms with Gasteiger partial charge in [-0.05, 0) is 19.3 Å². The molecule has 0 aromatic heterocycles. The average molecular weight is 213 g/mol. The van der Waals surface area contributed by atoms with Crippen molar-refractivity contribution in [2.75, 3.05) is 7.11 Å². The zero-order valence-electron chi connectivity index (χ0n) is 8.99. The van der Waals surface area contributed by atoms with Crippen LogP contribution >= 0.6 is 0 Å². The Morgan fingerprint density at radius 2 is 2.07 bits per heavy atom. The molecule has 0 saturated heterocycles. The van der Waals surface area contributed by atoms with Crippen molar-refractivity contribution in [1.82, 2.24) is 0 Å².